The molecule has 0 aliphatic carbocycles. The lowest BCUT2D eigenvalue weighted by Gasteiger charge is -2.11. The Bertz CT molecular complexity index is 944. The average Bonchev–Trinajstić information content (AvgIpc) is 2.64. The van der Waals surface area contributed by atoms with E-state index in [9.17, 15) is 9.59 Å². The van der Waals surface area contributed by atoms with Crippen molar-refractivity contribution in [1.29, 1.82) is 0 Å². The third kappa shape index (κ3) is 5.51. The van der Waals surface area contributed by atoms with Crippen molar-refractivity contribution >= 4 is 34.8 Å². The highest BCUT2D eigenvalue weighted by molar-refractivity contribution is 6.30. The molecule has 0 fully saturated rings. The average molecular weight is 494 g/mol. The number of nitrogens with zero attached hydrogens (tertiary/aromatic N) is 1. The third-order valence-electron chi connectivity index (χ3n) is 3.76. The van der Waals surface area contributed by atoms with Crippen molar-refractivity contribution < 1.29 is 38.1 Å². The van der Waals surface area contributed by atoms with Crippen LogP contribution in [0.5, 0.6) is 0 Å². The fraction of sp³-hybridized carbons (Fsp3) is 0.0500. The molecule has 0 saturated carbocycles. The Morgan fingerprint density at radius 2 is 1.48 bits per heavy atom. The van der Waals surface area contributed by atoms with Crippen molar-refractivity contribution in [3.05, 3.63) is 89.2 Å². The van der Waals surface area contributed by atoms with Gasteiger partial charge in [-0.2, -0.15) is 0 Å². The van der Waals surface area contributed by atoms with Crippen LogP contribution >= 0.6 is 11.6 Å². The zero-order chi connectivity index (χ0) is 18.5. The summed E-state index contributed by atoms with van der Waals surface area (Å²) in [6.45, 7) is 0. The standard InChI is InChI=1S/C20H16ClN3O2.HI/c1-24-12-10-14(11-13-24)19(25)23-18-5-3-2-4-17(18)20(26)22-16-8-6-15(21)7-9-16;/h2-13H,1H3,(H-,22,23,25,26);1H. The number of para-hydroxylation sites is 1. The molecule has 2 N–H and O–H groups in total. The van der Waals surface area contributed by atoms with E-state index in [1.165, 1.54) is 0 Å². The molecule has 0 bridgehead atoms. The van der Waals surface area contributed by atoms with Crippen molar-refractivity contribution in [3.8, 4) is 0 Å². The van der Waals surface area contributed by atoms with E-state index in [2.05, 4.69) is 10.6 Å². The molecule has 5 nitrogen and oxygen atoms in total. The molecule has 0 atom stereocenters. The maximum Gasteiger partial charge on any atom is 0.257 e. The first-order valence-electron chi connectivity index (χ1n) is 7.95. The summed E-state index contributed by atoms with van der Waals surface area (Å²) in [5.41, 5.74) is 1.95. The summed E-state index contributed by atoms with van der Waals surface area (Å²) in [7, 11) is 1.87. The molecule has 1 heterocycles. The van der Waals surface area contributed by atoms with Gasteiger partial charge in [-0.3, -0.25) is 9.59 Å². The number of anilines is 2. The highest BCUT2D eigenvalue weighted by Gasteiger charge is 2.15. The summed E-state index contributed by atoms with van der Waals surface area (Å²) in [6.07, 6.45) is 3.57. The number of amides is 2. The van der Waals surface area contributed by atoms with Crippen molar-refractivity contribution in [2.24, 2.45) is 7.05 Å². The number of carbonyl (C=O) groups excluding carboxylic acids is 2. The summed E-state index contributed by atoms with van der Waals surface area (Å²) < 4.78 is 1.84. The summed E-state index contributed by atoms with van der Waals surface area (Å²) in [6, 6.07) is 17.1. The molecule has 2 aromatic carbocycles. The Morgan fingerprint density at radius 1 is 0.852 bits per heavy atom. The van der Waals surface area contributed by atoms with Gasteiger partial charge in [-0.05, 0) is 36.4 Å². The van der Waals surface area contributed by atoms with E-state index >= 15 is 0 Å². The van der Waals surface area contributed by atoms with E-state index < -0.39 is 0 Å². The Balaban J connectivity index is 0.00000261. The fourth-order valence-corrected chi connectivity index (χ4v) is 2.49. The minimum atomic E-state index is -0.317. The largest absolute Gasteiger partial charge is 1.00 e. The number of hydrogen-bond acceptors (Lipinski definition) is 2. The van der Waals surface area contributed by atoms with Gasteiger partial charge < -0.3 is 34.6 Å². The molecule has 0 aliphatic heterocycles. The lowest BCUT2D eigenvalue weighted by molar-refractivity contribution is -0.671. The van der Waals surface area contributed by atoms with Crippen LogP contribution in [0.3, 0.4) is 0 Å². The quantitative estimate of drug-likeness (QED) is 0.415. The topological polar surface area (TPSA) is 62.1 Å². The highest BCUT2D eigenvalue weighted by Crippen LogP contribution is 2.19. The smallest absolute Gasteiger partial charge is 0.257 e. The highest BCUT2D eigenvalue weighted by atomic mass is 127. The number of carbonyl (C=O) groups is 2. The van der Waals surface area contributed by atoms with Crippen LogP contribution < -0.4 is 39.2 Å². The maximum atomic E-state index is 12.6. The van der Waals surface area contributed by atoms with E-state index in [-0.39, 0.29) is 35.8 Å². The zero-order valence-electron chi connectivity index (χ0n) is 14.4. The number of benzene rings is 2. The van der Waals surface area contributed by atoms with Crippen LogP contribution in [0.1, 0.15) is 20.7 Å². The van der Waals surface area contributed by atoms with E-state index in [1.807, 2.05) is 11.6 Å². The number of nitrogens with one attached hydrogen (secondary N) is 2. The second-order valence-corrected chi connectivity index (χ2v) is 6.15. The molecule has 0 radical (unpaired) electrons. The predicted octanol–water partition coefficient (Wildman–Crippen LogP) is 0.673. The first-order chi connectivity index (χ1) is 12.5. The van der Waals surface area contributed by atoms with Crippen LogP contribution in [0.25, 0.3) is 0 Å². The number of aryl methyl sites for hydroxylation is 1. The SMILES string of the molecule is C[n+]1ccc(C(=O)Nc2ccccc2C(=O)Nc2ccc(Cl)cc2)cc1.[I-]. The fourth-order valence-electron chi connectivity index (χ4n) is 2.37. The van der Waals surface area contributed by atoms with E-state index in [0.29, 0.717) is 27.5 Å². The lowest BCUT2D eigenvalue weighted by atomic mass is 10.1. The first-order valence-corrected chi connectivity index (χ1v) is 8.33. The summed E-state index contributed by atoms with van der Waals surface area (Å²) in [4.78, 5) is 25.0. The Morgan fingerprint density at radius 3 is 2.15 bits per heavy atom. The van der Waals surface area contributed by atoms with Gasteiger partial charge in [0.25, 0.3) is 11.8 Å². The Kier molecular flexibility index (Phi) is 7.32. The summed E-state index contributed by atoms with van der Waals surface area (Å²) >= 11 is 5.85. The van der Waals surface area contributed by atoms with Crippen LogP contribution in [0.15, 0.2) is 73.1 Å². The number of aromatic nitrogens is 1. The molecular weight excluding hydrogens is 477 g/mol. The molecule has 0 spiro atoms. The molecule has 27 heavy (non-hydrogen) atoms. The molecule has 0 aliphatic rings. The number of rotatable bonds is 4. The minimum Gasteiger partial charge on any atom is -1.00 e. The van der Waals surface area contributed by atoms with Crippen LogP contribution in [-0.2, 0) is 7.05 Å². The molecule has 0 saturated heterocycles. The first kappa shape index (κ1) is 20.9. The zero-order valence-corrected chi connectivity index (χ0v) is 17.4. The van der Waals surface area contributed by atoms with E-state index in [0.717, 1.165) is 0 Å². The molecule has 0 unspecified atom stereocenters. The van der Waals surface area contributed by atoms with Crippen molar-refractivity contribution in [2.45, 2.75) is 0 Å². The predicted molar refractivity (Wildman–Crippen MR) is 101 cm³/mol. The van der Waals surface area contributed by atoms with E-state index in [1.54, 1.807) is 73.1 Å². The van der Waals surface area contributed by atoms with E-state index in [4.69, 9.17) is 11.6 Å². The van der Waals surface area contributed by atoms with Gasteiger partial charge in [-0.25, -0.2) is 4.57 Å². The van der Waals surface area contributed by atoms with Crippen molar-refractivity contribution in [3.63, 3.8) is 0 Å². The Labute approximate surface area is 179 Å². The van der Waals surface area contributed by atoms with Gasteiger partial charge in [0.05, 0.1) is 16.8 Å². The van der Waals surface area contributed by atoms with Crippen LogP contribution in [0.4, 0.5) is 11.4 Å². The summed E-state index contributed by atoms with van der Waals surface area (Å²) in [5.74, 6) is -0.597. The molecule has 2 amide bonds. The van der Waals surface area contributed by atoms with Crippen molar-refractivity contribution in [1.82, 2.24) is 0 Å². The van der Waals surface area contributed by atoms with Crippen molar-refractivity contribution in [2.75, 3.05) is 10.6 Å². The Hall–Kier alpha value is -2.45. The lowest BCUT2D eigenvalue weighted by Crippen LogP contribution is -3.00. The number of pyridine rings is 1. The second kappa shape index (κ2) is 9.48. The molecule has 3 rings (SSSR count). The number of halogens is 2. The third-order valence-corrected chi connectivity index (χ3v) is 4.01. The van der Waals surface area contributed by atoms with Gasteiger partial charge >= 0.3 is 0 Å². The normalized spacial score (nSPS) is 9.85. The monoisotopic (exact) mass is 493 g/mol. The van der Waals surface area contributed by atoms with Gasteiger partial charge in [0.2, 0.25) is 0 Å². The molecular formula is C20H17ClIN3O2. The van der Waals surface area contributed by atoms with Gasteiger partial charge in [0.15, 0.2) is 12.4 Å². The van der Waals surface area contributed by atoms with Crippen LogP contribution in [0, 0.1) is 0 Å². The molecule has 1 aromatic heterocycles. The molecule has 3 aromatic rings. The summed E-state index contributed by atoms with van der Waals surface area (Å²) in [5, 5.41) is 6.18. The molecule has 7 heteroatoms. The van der Waals surface area contributed by atoms with Gasteiger partial charge in [0.1, 0.15) is 7.05 Å². The maximum absolute atomic E-state index is 12.6. The van der Waals surface area contributed by atoms with Gasteiger partial charge in [-0.15, -0.1) is 0 Å². The molecule has 138 valence electrons. The van der Waals surface area contributed by atoms with Crippen LogP contribution in [0.2, 0.25) is 5.02 Å². The minimum absolute atomic E-state index is 0. The number of hydrogen-bond donors (Lipinski definition) is 2. The van der Waals surface area contributed by atoms with Gasteiger partial charge in [0, 0.05) is 22.8 Å². The second-order valence-electron chi connectivity index (χ2n) is 5.71. The van der Waals surface area contributed by atoms with Crippen LogP contribution in [-0.4, -0.2) is 11.8 Å². The van der Waals surface area contributed by atoms with Gasteiger partial charge in [-0.1, -0.05) is 23.7 Å².